The van der Waals surface area contributed by atoms with Crippen LogP contribution in [0.1, 0.15) is 11.4 Å². The van der Waals surface area contributed by atoms with Crippen molar-refractivity contribution in [2.45, 2.75) is 12.7 Å². The molecule has 1 amide bonds. The van der Waals surface area contributed by atoms with Crippen LogP contribution in [0.5, 0.6) is 0 Å². The van der Waals surface area contributed by atoms with Crippen molar-refractivity contribution in [3.63, 3.8) is 0 Å². The molecule has 0 aliphatic heterocycles. The number of H-pyrrole nitrogens is 1. The summed E-state index contributed by atoms with van der Waals surface area (Å²) in [5.41, 5.74) is -0.849. The lowest BCUT2D eigenvalue weighted by atomic mass is 10.3. The van der Waals surface area contributed by atoms with Crippen LogP contribution in [0.15, 0.2) is 6.07 Å². The smallest absolute Gasteiger partial charge is 0.349 e. The van der Waals surface area contributed by atoms with Crippen LogP contribution in [0, 0.1) is 0 Å². The van der Waals surface area contributed by atoms with Crippen molar-refractivity contribution in [2.24, 2.45) is 0 Å². The summed E-state index contributed by atoms with van der Waals surface area (Å²) in [6.45, 7) is -0.0609. The average Bonchev–Trinajstić information content (AvgIpc) is 2.61. The Balaban J connectivity index is 2.58. The number of halogens is 4. The van der Waals surface area contributed by atoms with Crippen molar-refractivity contribution >= 4 is 17.5 Å². The maximum absolute atomic E-state index is 12.1. The normalized spacial score (nSPS) is 11.5. The Bertz CT molecular complexity index is 349. The van der Waals surface area contributed by atoms with Gasteiger partial charge in [-0.1, -0.05) is 0 Å². The van der Waals surface area contributed by atoms with Gasteiger partial charge in [-0.15, -0.1) is 11.6 Å². The topological polar surface area (TPSA) is 57.8 Å². The molecule has 0 bridgehead atoms. The molecule has 0 unspecified atom stereocenters. The molecule has 1 heterocycles. The maximum Gasteiger partial charge on any atom is 0.435 e. The molecule has 0 aliphatic carbocycles. The molecule has 1 aromatic heterocycles. The Hall–Kier alpha value is -1.24. The van der Waals surface area contributed by atoms with Crippen LogP contribution in [0.25, 0.3) is 0 Å². The van der Waals surface area contributed by atoms with E-state index in [9.17, 15) is 18.0 Å². The molecule has 1 aromatic rings. The second-order valence-corrected chi connectivity index (χ2v) is 2.95. The summed E-state index contributed by atoms with van der Waals surface area (Å²) >= 11 is 5.18. The molecule has 4 nitrogen and oxygen atoms in total. The summed E-state index contributed by atoms with van der Waals surface area (Å²) in [5, 5.41) is 7.52. The number of aromatic nitrogens is 2. The third kappa shape index (κ3) is 3.43. The van der Waals surface area contributed by atoms with Gasteiger partial charge in [-0.2, -0.15) is 18.3 Å². The number of alkyl halides is 4. The summed E-state index contributed by atoms with van der Waals surface area (Å²) < 4.78 is 36.2. The quantitative estimate of drug-likeness (QED) is 0.784. The number of amides is 1. The molecule has 2 N–H and O–H groups in total. The van der Waals surface area contributed by atoms with E-state index in [4.69, 9.17) is 11.6 Å². The van der Waals surface area contributed by atoms with E-state index in [2.05, 4.69) is 15.5 Å². The number of hydrogen-bond acceptors (Lipinski definition) is 2. The minimum atomic E-state index is -4.48. The SMILES string of the molecule is O=C(CCl)NCc1cc(C(F)(F)F)n[nH]1. The monoisotopic (exact) mass is 241 g/mol. The van der Waals surface area contributed by atoms with E-state index in [1.54, 1.807) is 0 Å². The Kier molecular flexibility index (Phi) is 3.57. The molecule has 0 fully saturated rings. The maximum atomic E-state index is 12.1. The summed E-state index contributed by atoms with van der Waals surface area (Å²) in [5.74, 6) is -0.694. The van der Waals surface area contributed by atoms with Gasteiger partial charge in [0.25, 0.3) is 0 Å². The first-order valence-electron chi connectivity index (χ1n) is 3.87. The minimum Gasteiger partial charge on any atom is -0.349 e. The zero-order valence-electron chi connectivity index (χ0n) is 7.36. The Morgan fingerprint density at radius 3 is 2.73 bits per heavy atom. The van der Waals surface area contributed by atoms with Gasteiger partial charge in [-0.3, -0.25) is 9.89 Å². The van der Waals surface area contributed by atoms with E-state index in [0.29, 0.717) is 0 Å². The highest BCUT2D eigenvalue weighted by Gasteiger charge is 2.33. The van der Waals surface area contributed by atoms with Crippen LogP contribution in [0.2, 0.25) is 0 Å². The molecule has 0 radical (unpaired) electrons. The third-order valence-electron chi connectivity index (χ3n) is 1.52. The zero-order chi connectivity index (χ0) is 11.5. The predicted octanol–water partition coefficient (Wildman–Crippen LogP) is 1.28. The van der Waals surface area contributed by atoms with Crippen molar-refractivity contribution in [3.05, 3.63) is 17.5 Å². The fourth-order valence-electron chi connectivity index (χ4n) is 0.838. The fourth-order valence-corrected chi connectivity index (χ4v) is 0.933. The van der Waals surface area contributed by atoms with Crippen molar-refractivity contribution in [2.75, 3.05) is 5.88 Å². The van der Waals surface area contributed by atoms with E-state index in [1.807, 2.05) is 0 Å². The summed E-state index contributed by atoms with van der Waals surface area (Å²) in [4.78, 5) is 10.7. The molecule has 0 aromatic carbocycles. The van der Waals surface area contributed by atoms with Crippen molar-refractivity contribution in [1.29, 1.82) is 0 Å². The largest absolute Gasteiger partial charge is 0.435 e. The molecule has 8 heteroatoms. The molecule has 0 saturated heterocycles. The molecule has 0 spiro atoms. The van der Waals surface area contributed by atoms with Gasteiger partial charge < -0.3 is 5.32 Å². The van der Waals surface area contributed by atoms with E-state index in [0.717, 1.165) is 6.07 Å². The highest BCUT2D eigenvalue weighted by molar-refractivity contribution is 6.27. The second-order valence-electron chi connectivity index (χ2n) is 2.69. The lowest BCUT2D eigenvalue weighted by Crippen LogP contribution is -2.23. The number of nitrogens with one attached hydrogen (secondary N) is 2. The minimum absolute atomic E-state index is 0.0609. The van der Waals surface area contributed by atoms with Gasteiger partial charge in [0, 0.05) is 0 Å². The number of carbonyl (C=O) groups excluding carboxylic acids is 1. The van der Waals surface area contributed by atoms with Crippen LogP contribution in [-0.4, -0.2) is 22.0 Å². The Morgan fingerprint density at radius 1 is 1.60 bits per heavy atom. The van der Waals surface area contributed by atoms with Gasteiger partial charge in [0.05, 0.1) is 12.2 Å². The van der Waals surface area contributed by atoms with Gasteiger partial charge in [0.15, 0.2) is 5.69 Å². The van der Waals surface area contributed by atoms with Gasteiger partial charge in [0.1, 0.15) is 5.88 Å². The molecule has 0 atom stereocenters. The third-order valence-corrected chi connectivity index (χ3v) is 1.76. The number of rotatable bonds is 3. The lowest BCUT2D eigenvalue weighted by molar-refractivity contribution is -0.141. The second kappa shape index (κ2) is 4.52. The predicted molar refractivity (Wildman–Crippen MR) is 46.2 cm³/mol. The van der Waals surface area contributed by atoms with Crippen molar-refractivity contribution in [3.8, 4) is 0 Å². The zero-order valence-corrected chi connectivity index (χ0v) is 8.11. The number of carbonyl (C=O) groups is 1. The van der Waals surface area contributed by atoms with E-state index < -0.39 is 17.8 Å². The number of hydrogen-bond donors (Lipinski definition) is 2. The van der Waals surface area contributed by atoms with Crippen molar-refractivity contribution < 1.29 is 18.0 Å². The van der Waals surface area contributed by atoms with Crippen LogP contribution in [0.3, 0.4) is 0 Å². The molecule has 0 saturated carbocycles. The average molecular weight is 242 g/mol. The van der Waals surface area contributed by atoms with E-state index >= 15 is 0 Å². The summed E-state index contributed by atoms with van der Waals surface area (Å²) in [6.07, 6.45) is -4.48. The van der Waals surface area contributed by atoms with Crippen LogP contribution >= 0.6 is 11.6 Å². The molecule has 84 valence electrons. The first kappa shape index (κ1) is 11.8. The fraction of sp³-hybridized carbons (Fsp3) is 0.429. The van der Waals surface area contributed by atoms with Gasteiger partial charge in [0.2, 0.25) is 5.91 Å². The highest BCUT2D eigenvalue weighted by Crippen LogP contribution is 2.27. The number of nitrogens with zero attached hydrogens (tertiary/aromatic N) is 1. The molecular formula is C7H7ClF3N3O. The van der Waals surface area contributed by atoms with E-state index in [1.165, 1.54) is 0 Å². The molecular weight excluding hydrogens is 235 g/mol. The van der Waals surface area contributed by atoms with Crippen LogP contribution in [-0.2, 0) is 17.5 Å². The Labute approximate surface area is 87.8 Å². The van der Waals surface area contributed by atoms with Gasteiger partial charge in [-0.25, -0.2) is 0 Å². The molecule has 15 heavy (non-hydrogen) atoms. The lowest BCUT2D eigenvalue weighted by Gasteiger charge is -1.99. The standard InChI is InChI=1S/C7H7ClF3N3O/c8-2-6(15)12-3-4-1-5(14-13-4)7(9,10)11/h1H,2-3H2,(H,12,15)(H,13,14). The first-order chi connectivity index (χ1) is 6.93. The van der Waals surface area contributed by atoms with Crippen LogP contribution < -0.4 is 5.32 Å². The van der Waals surface area contributed by atoms with Gasteiger partial charge >= 0.3 is 6.18 Å². The summed E-state index contributed by atoms with van der Waals surface area (Å²) in [6, 6.07) is 0.828. The Morgan fingerprint density at radius 2 is 2.27 bits per heavy atom. The molecule has 0 aliphatic rings. The molecule has 1 rings (SSSR count). The highest BCUT2D eigenvalue weighted by atomic mass is 35.5. The summed E-state index contributed by atoms with van der Waals surface area (Å²) in [7, 11) is 0. The van der Waals surface area contributed by atoms with Crippen LogP contribution in [0.4, 0.5) is 13.2 Å². The van der Waals surface area contributed by atoms with Gasteiger partial charge in [-0.05, 0) is 6.07 Å². The number of aromatic amines is 1. The first-order valence-corrected chi connectivity index (χ1v) is 4.41. The van der Waals surface area contributed by atoms with E-state index in [-0.39, 0.29) is 18.1 Å². The van der Waals surface area contributed by atoms with Crippen molar-refractivity contribution in [1.82, 2.24) is 15.5 Å².